The molecule has 0 heterocycles. The lowest BCUT2D eigenvalue weighted by atomic mass is 10.1. The predicted octanol–water partition coefficient (Wildman–Crippen LogP) is 3.45. The molecule has 0 unspecified atom stereocenters. The smallest absolute Gasteiger partial charge is 0.251 e. The molecule has 0 aliphatic heterocycles. The molecule has 0 aliphatic rings. The summed E-state index contributed by atoms with van der Waals surface area (Å²) in [5.41, 5.74) is 2.90. The van der Waals surface area contributed by atoms with Gasteiger partial charge in [-0.25, -0.2) is 0 Å². The van der Waals surface area contributed by atoms with Crippen LogP contribution in [0.2, 0.25) is 0 Å². The number of nitrogens with one attached hydrogen (secondary N) is 1. The second-order valence-corrected chi connectivity index (χ2v) is 4.87. The molecule has 0 fully saturated rings. The summed E-state index contributed by atoms with van der Waals surface area (Å²) in [5.74, 6) is -0.0255. The van der Waals surface area contributed by atoms with E-state index in [4.69, 9.17) is 0 Å². The van der Waals surface area contributed by atoms with Gasteiger partial charge in [-0.3, -0.25) is 4.79 Å². The number of halogens is 1. The zero-order valence-corrected chi connectivity index (χ0v) is 11.4. The lowest BCUT2D eigenvalue weighted by Crippen LogP contribution is -2.24. The van der Waals surface area contributed by atoms with Gasteiger partial charge in [-0.15, -0.1) is 0 Å². The highest BCUT2D eigenvalue weighted by Crippen LogP contribution is 2.15. The van der Waals surface area contributed by atoms with Crippen molar-refractivity contribution >= 4 is 21.8 Å². The van der Waals surface area contributed by atoms with Crippen LogP contribution in [0.3, 0.4) is 0 Å². The number of allylic oxidation sites excluding steroid dienone is 1. The molecule has 86 valence electrons. The molecule has 0 aromatic heterocycles. The first-order valence-electron chi connectivity index (χ1n) is 5.18. The number of hydrogen-bond donors (Lipinski definition) is 1. The van der Waals surface area contributed by atoms with Gasteiger partial charge in [0.25, 0.3) is 5.91 Å². The Bertz CT molecular complexity index is 420. The Morgan fingerprint density at radius 1 is 1.44 bits per heavy atom. The maximum atomic E-state index is 11.8. The van der Waals surface area contributed by atoms with E-state index in [1.165, 1.54) is 5.57 Å². The van der Waals surface area contributed by atoms with Crippen molar-refractivity contribution < 1.29 is 4.79 Å². The van der Waals surface area contributed by atoms with Gasteiger partial charge >= 0.3 is 0 Å². The third-order valence-electron chi connectivity index (χ3n) is 2.21. The first-order chi connectivity index (χ1) is 7.50. The van der Waals surface area contributed by atoms with E-state index >= 15 is 0 Å². The molecule has 0 spiro atoms. The van der Waals surface area contributed by atoms with Crippen LogP contribution < -0.4 is 5.32 Å². The van der Waals surface area contributed by atoms with Gasteiger partial charge < -0.3 is 5.32 Å². The number of hydrogen-bond acceptors (Lipinski definition) is 1. The molecular formula is C13H16BrNO. The third-order valence-corrected chi connectivity index (χ3v) is 2.70. The van der Waals surface area contributed by atoms with Crippen LogP contribution in [0.15, 0.2) is 34.3 Å². The molecule has 3 heteroatoms. The van der Waals surface area contributed by atoms with E-state index in [1.807, 2.05) is 45.0 Å². The third kappa shape index (κ3) is 3.81. The molecule has 0 saturated heterocycles. The normalized spacial score (nSPS) is 9.75. The van der Waals surface area contributed by atoms with Crippen molar-refractivity contribution in [3.05, 3.63) is 45.4 Å². The average Bonchev–Trinajstić information content (AvgIpc) is 2.16. The number of aryl methyl sites for hydroxylation is 1. The summed E-state index contributed by atoms with van der Waals surface area (Å²) in [4.78, 5) is 11.8. The van der Waals surface area contributed by atoms with Crippen molar-refractivity contribution in [1.82, 2.24) is 5.32 Å². The molecule has 0 radical (unpaired) electrons. The molecule has 1 amide bonds. The van der Waals surface area contributed by atoms with Crippen molar-refractivity contribution in [3.63, 3.8) is 0 Å². The summed E-state index contributed by atoms with van der Waals surface area (Å²) in [6.07, 6.45) is 1.99. The van der Waals surface area contributed by atoms with Gasteiger partial charge in [-0.05, 0) is 44.5 Å². The molecule has 1 aromatic rings. The summed E-state index contributed by atoms with van der Waals surface area (Å²) >= 11 is 3.38. The molecule has 2 nitrogen and oxygen atoms in total. The standard InChI is InChI=1S/C13H16BrNO/c1-9(2)6-7-15-13(16)12-5-4-11(14)8-10(12)3/h4-6,8H,7H2,1-3H3,(H,15,16). The Labute approximate surface area is 105 Å². The highest BCUT2D eigenvalue weighted by atomic mass is 79.9. The zero-order valence-electron chi connectivity index (χ0n) is 9.80. The van der Waals surface area contributed by atoms with E-state index in [0.29, 0.717) is 6.54 Å². The first kappa shape index (κ1) is 13.0. The molecule has 1 N–H and O–H groups in total. The summed E-state index contributed by atoms with van der Waals surface area (Å²) in [7, 11) is 0. The minimum absolute atomic E-state index is 0.0255. The Morgan fingerprint density at radius 2 is 2.12 bits per heavy atom. The van der Waals surface area contributed by atoms with E-state index in [1.54, 1.807) is 0 Å². The fourth-order valence-corrected chi connectivity index (χ4v) is 1.80. The molecule has 1 aromatic carbocycles. The van der Waals surface area contributed by atoms with Crippen LogP contribution in [-0.2, 0) is 0 Å². The number of amides is 1. The fourth-order valence-electron chi connectivity index (χ4n) is 1.32. The van der Waals surface area contributed by atoms with Crippen LogP contribution in [0.4, 0.5) is 0 Å². The summed E-state index contributed by atoms with van der Waals surface area (Å²) in [6, 6.07) is 5.65. The molecule has 0 aliphatic carbocycles. The van der Waals surface area contributed by atoms with Gasteiger partial charge in [0.15, 0.2) is 0 Å². The van der Waals surface area contributed by atoms with Gasteiger partial charge in [-0.2, -0.15) is 0 Å². The topological polar surface area (TPSA) is 29.1 Å². The average molecular weight is 282 g/mol. The van der Waals surface area contributed by atoms with Crippen molar-refractivity contribution in [2.45, 2.75) is 20.8 Å². The predicted molar refractivity (Wildman–Crippen MR) is 70.6 cm³/mol. The van der Waals surface area contributed by atoms with E-state index in [2.05, 4.69) is 21.2 Å². The largest absolute Gasteiger partial charge is 0.349 e. The van der Waals surface area contributed by atoms with Crippen LogP contribution in [0.1, 0.15) is 29.8 Å². The highest BCUT2D eigenvalue weighted by molar-refractivity contribution is 9.10. The van der Waals surface area contributed by atoms with Gasteiger partial charge in [0, 0.05) is 16.6 Å². The first-order valence-corrected chi connectivity index (χ1v) is 5.97. The van der Waals surface area contributed by atoms with E-state index in [9.17, 15) is 4.79 Å². The van der Waals surface area contributed by atoms with Crippen molar-refractivity contribution in [1.29, 1.82) is 0 Å². The second-order valence-electron chi connectivity index (χ2n) is 3.95. The highest BCUT2D eigenvalue weighted by Gasteiger charge is 2.07. The molecule has 0 bridgehead atoms. The van der Waals surface area contributed by atoms with Crippen LogP contribution in [0.5, 0.6) is 0 Å². The lowest BCUT2D eigenvalue weighted by molar-refractivity contribution is 0.0957. The van der Waals surface area contributed by atoms with Gasteiger partial charge in [0.1, 0.15) is 0 Å². The SMILES string of the molecule is CC(C)=CCNC(=O)c1ccc(Br)cc1C. The number of carbonyl (C=O) groups excluding carboxylic acids is 1. The maximum Gasteiger partial charge on any atom is 0.251 e. The molecule has 0 atom stereocenters. The van der Waals surface area contributed by atoms with Crippen molar-refractivity contribution in [2.24, 2.45) is 0 Å². The monoisotopic (exact) mass is 281 g/mol. The number of benzene rings is 1. The summed E-state index contributed by atoms with van der Waals surface area (Å²) < 4.78 is 0.992. The number of carbonyl (C=O) groups is 1. The minimum Gasteiger partial charge on any atom is -0.349 e. The van der Waals surface area contributed by atoms with Crippen LogP contribution >= 0.6 is 15.9 Å². The molecule has 1 rings (SSSR count). The van der Waals surface area contributed by atoms with Gasteiger partial charge in [0.05, 0.1) is 0 Å². The minimum atomic E-state index is -0.0255. The maximum absolute atomic E-state index is 11.8. The summed E-state index contributed by atoms with van der Waals surface area (Å²) in [6.45, 7) is 6.53. The summed E-state index contributed by atoms with van der Waals surface area (Å²) in [5, 5.41) is 2.86. The van der Waals surface area contributed by atoms with E-state index < -0.39 is 0 Å². The van der Waals surface area contributed by atoms with Crippen LogP contribution in [-0.4, -0.2) is 12.5 Å². The Kier molecular flexibility index (Phi) is 4.74. The van der Waals surface area contributed by atoms with Crippen LogP contribution in [0, 0.1) is 6.92 Å². The van der Waals surface area contributed by atoms with Crippen molar-refractivity contribution in [2.75, 3.05) is 6.54 Å². The Balaban J connectivity index is 2.70. The lowest BCUT2D eigenvalue weighted by Gasteiger charge is -2.06. The van der Waals surface area contributed by atoms with Crippen LogP contribution in [0.25, 0.3) is 0 Å². The Morgan fingerprint density at radius 3 is 2.69 bits per heavy atom. The molecule has 16 heavy (non-hydrogen) atoms. The Hall–Kier alpha value is -1.09. The van der Waals surface area contributed by atoms with E-state index in [-0.39, 0.29) is 5.91 Å². The van der Waals surface area contributed by atoms with Gasteiger partial charge in [0.2, 0.25) is 0 Å². The molecular weight excluding hydrogens is 266 g/mol. The number of rotatable bonds is 3. The zero-order chi connectivity index (χ0) is 12.1. The van der Waals surface area contributed by atoms with E-state index in [0.717, 1.165) is 15.6 Å². The van der Waals surface area contributed by atoms with Crippen molar-refractivity contribution in [3.8, 4) is 0 Å². The quantitative estimate of drug-likeness (QED) is 0.845. The molecule has 0 saturated carbocycles. The second kappa shape index (κ2) is 5.85. The van der Waals surface area contributed by atoms with Gasteiger partial charge in [-0.1, -0.05) is 27.6 Å². The fraction of sp³-hybridized carbons (Fsp3) is 0.308.